The van der Waals surface area contributed by atoms with E-state index in [9.17, 15) is 18.0 Å². The molecule has 0 radical (unpaired) electrons. The second kappa shape index (κ2) is 10.6. The zero-order valence-electron chi connectivity index (χ0n) is 19.6. The molecule has 2 rings (SSSR count). The lowest BCUT2D eigenvalue weighted by Crippen LogP contribution is -2.52. The average molecular weight is 460 g/mol. The van der Waals surface area contributed by atoms with Crippen molar-refractivity contribution in [1.29, 1.82) is 0 Å². The Labute approximate surface area is 191 Å². The first kappa shape index (κ1) is 25.4. The Hall–Kier alpha value is -2.87. The third-order valence-electron chi connectivity index (χ3n) is 5.07. The Bertz CT molecular complexity index is 1030. The molecular formula is C24H33N3O4S. The highest BCUT2D eigenvalue weighted by molar-refractivity contribution is 7.92. The van der Waals surface area contributed by atoms with Crippen LogP contribution in [0, 0.1) is 13.8 Å². The highest BCUT2D eigenvalue weighted by atomic mass is 32.2. The van der Waals surface area contributed by atoms with Crippen LogP contribution in [0.5, 0.6) is 0 Å². The molecule has 2 aromatic rings. The Balaban J connectivity index is 2.36. The summed E-state index contributed by atoms with van der Waals surface area (Å²) in [6.07, 6.45) is 1.07. The van der Waals surface area contributed by atoms with E-state index in [2.05, 4.69) is 5.32 Å². The lowest BCUT2D eigenvalue weighted by atomic mass is 10.1. The number of hydrogen-bond acceptors (Lipinski definition) is 4. The number of amides is 2. The minimum atomic E-state index is -3.72. The van der Waals surface area contributed by atoms with Gasteiger partial charge in [-0.3, -0.25) is 13.9 Å². The fourth-order valence-corrected chi connectivity index (χ4v) is 4.05. The molecule has 174 valence electrons. The van der Waals surface area contributed by atoms with Gasteiger partial charge in [0.2, 0.25) is 21.8 Å². The van der Waals surface area contributed by atoms with Gasteiger partial charge in [-0.15, -0.1) is 0 Å². The van der Waals surface area contributed by atoms with Crippen LogP contribution in [0.3, 0.4) is 0 Å². The van der Waals surface area contributed by atoms with E-state index in [0.29, 0.717) is 5.69 Å². The molecule has 2 amide bonds. The number of benzene rings is 2. The smallest absolute Gasteiger partial charge is 0.244 e. The summed E-state index contributed by atoms with van der Waals surface area (Å²) in [5, 5.41) is 2.83. The summed E-state index contributed by atoms with van der Waals surface area (Å²) in [4.78, 5) is 27.5. The minimum Gasteiger partial charge on any atom is -0.352 e. The van der Waals surface area contributed by atoms with Gasteiger partial charge in [0.15, 0.2) is 0 Å². The zero-order valence-corrected chi connectivity index (χ0v) is 20.4. The fraction of sp³-hybridized carbons (Fsp3) is 0.417. The number of rotatable bonds is 9. The number of nitrogens with one attached hydrogen (secondary N) is 1. The molecule has 32 heavy (non-hydrogen) atoms. The normalized spacial score (nSPS) is 12.3. The maximum atomic E-state index is 13.4. The largest absolute Gasteiger partial charge is 0.352 e. The van der Waals surface area contributed by atoms with E-state index in [4.69, 9.17) is 0 Å². The van der Waals surface area contributed by atoms with Crippen LogP contribution >= 0.6 is 0 Å². The molecule has 0 fully saturated rings. The first-order valence-corrected chi connectivity index (χ1v) is 12.4. The molecule has 0 aliphatic rings. The molecular weight excluding hydrogens is 426 g/mol. The van der Waals surface area contributed by atoms with Crippen LogP contribution in [0.4, 0.5) is 5.69 Å². The molecule has 0 aliphatic heterocycles. The van der Waals surface area contributed by atoms with Crippen molar-refractivity contribution in [3.05, 3.63) is 65.2 Å². The van der Waals surface area contributed by atoms with E-state index in [1.54, 1.807) is 31.2 Å². The summed E-state index contributed by atoms with van der Waals surface area (Å²) in [6, 6.07) is 13.7. The van der Waals surface area contributed by atoms with E-state index in [1.807, 2.05) is 52.0 Å². The van der Waals surface area contributed by atoms with Gasteiger partial charge in [-0.25, -0.2) is 8.42 Å². The monoisotopic (exact) mass is 459 g/mol. The molecule has 0 saturated heterocycles. The molecule has 2 aromatic carbocycles. The minimum absolute atomic E-state index is 0.0821. The summed E-state index contributed by atoms with van der Waals surface area (Å²) >= 11 is 0. The number of carbonyl (C=O) groups is 2. The van der Waals surface area contributed by atoms with E-state index in [1.165, 1.54) is 4.90 Å². The van der Waals surface area contributed by atoms with Gasteiger partial charge in [0.25, 0.3) is 0 Å². The van der Waals surface area contributed by atoms with Crippen molar-refractivity contribution in [1.82, 2.24) is 10.2 Å². The molecule has 1 atom stereocenters. The summed E-state index contributed by atoms with van der Waals surface area (Å²) in [5.41, 5.74) is 3.32. The van der Waals surface area contributed by atoms with Gasteiger partial charge >= 0.3 is 0 Å². The summed E-state index contributed by atoms with van der Waals surface area (Å²) in [6.45, 7) is 9.01. The number of nitrogens with zero attached hydrogens (tertiary/aromatic N) is 2. The standard InChI is InChI=1S/C24H33N3O4S/c1-17(2)25-24(29)20(5)26(15-21-11-7-18(3)8-12-21)23(28)16-27(32(6,30)31)22-13-9-19(4)10-14-22/h7-14,17,20H,15-16H2,1-6H3,(H,25,29)/t20-/m1/s1. The van der Waals surface area contributed by atoms with E-state index in [0.717, 1.165) is 27.3 Å². The van der Waals surface area contributed by atoms with Gasteiger partial charge in [0, 0.05) is 12.6 Å². The van der Waals surface area contributed by atoms with Crippen LogP contribution in [-0.2, 0) is 26.2 Å². The number of carbonyl (C=O) groups excluding carboxylic acids is 2. The first-order chi connectivity index (χ1) is 14.9. The molecule has 0 bridgehead atoms. The second-order valence-electron chi connectivity index (χ2n) is 8.45. The van der Waals surface area contributed by atoms with E-state index >= 15 is 0 Å². The molecule has 8 heteroatoms. The molecule has 0 spiro atoms. The molecule has 0 aromatic heterocycles. The van der Waals surface area contributed by atoms with Crippen molar-refractivity contribution in [2.75, 3.05) is 17.1 Å². The maximum Gasteiger partial charge on any atom is 0.244 e. The number of hydrogen-bond donors (Lipinski definition) is 1. The second-order valence-corrected chi connectivity index (χ2v) is 10.4. The molecule has 1 N–H and O–H groups in total. The molecule has 0 heterocycles. The van der Waals surface area contributed by atoms with Crippen LogP contribution in [-0.4, -0.2) is 50.0 Å². The Morgan fingerprint density at radius 3 is 1.88 bits per heavy atom. The van der Waals surface area contributed by atoms with Crippen LogP contribution in [0.15, 0.2) is 48.5 Å². The molecule has 0 aliphatic carbocycles. The predicted molar refractivity (Wildman–Crippen MR) is 128 cm³/mol. The Kier molecular flexibility index (Phi) is 8.44. The number of anilines is 1. The first-order valence-electron chi connectivity index (χ1n) is 10.6. The van der Waals surface area contributed by atoms with E-state index in [-0.39, 0.29) is 18.5 Å². The van der Waals surface area contributed by atoms with Crippen molar-refractivity contribution >= 4 is 27.5 Å². The van der Waals surface area contributed by atoms with Crippen molar-refractivity contribution in [2.45, 2.75) is 53.2 Å². The van der Waals surface area contributed by atoms with E-state index < -0.39 is 28.5 Å². The Morgan fingerprint density at radius 1 is 0.906 bits per heavy atom. The van der Waals surface area contributed by atoms with Crippen LogP contribution in [0.1, 0.15) is 37.5 Å². The topological polar surface area (TPSA) is 86.8 Å². The van der Waals surface area contributed by atoms with Gasteiger partial charge in [-0.05, 0) is 52.3 Å². The van der Waals surface area contributed by atoms with Gasteiger partial charge in [0.05, 0.1) is 11.9 Å². The third-order valence-corrected chi connectivity index (χ3v) is 6.21. The molecule has 0 unspecified atom stereocenters. The number of sulfonamides is 1. The third kappa shape index (κ3) is 7.09. The summed E-state index contributed by atoms with van der Waals surface area (Å²) in [5.74, 6) is -0.746. The van der Waals surface area contributed by atoms with Gasteiger partial charge in [-0.1, -0.05) is 47.5 Å². The van der Waals surface area contributed by atoms with Crippen molar-refractivity contribution in [3.8, 4) is 0 Å². The molecule has 7 nitrogen and oxygen atoms in total. The van der Waals surface area contributed by atoms with Crippen LogP contribution in [0.25, 0.3) is 0 Å². The van der Waals surface area contributed by atoms with Gasteiger partial charge in [-0.2, -0.15) is 0 Å². The highest BCUT2D eigenvalue weighted by Gasteiger charge is 2.30. The van der Waals surface area contributed by atoms with Gasteiger partial charge in [0.1, 0.15) is 12.6 Å². The number of aryl methyl sites for hydroxylation is 2. The molecule has 0 saturated carbocycles. The quantitative estimate of drug-likeness (QED) is 0.625. The van der Waals surface area contributed by atoms with Gasteiger partial charge < -0.3 is 10.2 Å². The van der Waals surface area contributed by atoms with Crippen molar-refractivity contribution < 1.29 is 18.0 Å². The predicted octanol–water partition coefficient (Wildman–Crippen LogP) is 3.01. The summed E-state index contributed by atoms with van der Waals surface area (Å²) < 4.78 is 26.1. The van der Waals surface area contributed by atoms with Crippen molar-refractivity contribution in [3.63, 3.8) is 0 Å². The lowest BCUT2D eigenvalue weighted by Gasteiger charge is -2.32. The zero-order chi connectivity index (χ0) is 24.1. The van der Waals surface area contributed by atoms with Crippen LogP contribution < -0.4 is 9.62 Å². The van der Waals surface area contributed by atoms with Crippen molar-refractivity contribution in [2.24, 2.45) is 0 Å². The SMILES string of the molecule is Cc1ccc(CN(C(=O)CN(c2ccc(C)cc2)S(C)(=O)=O)[C@H](C)C(=O)NC(C)C)cc1. The lowest BCUT2D eigenvalue weighted by molar-refractivity contribution is -0.139. The highest BCUT2D eigenvalue weighted by Crippen LogP contribution is 2.20. The summed E-state index contributed by atoms with van der Waals surface area (Å²) in [7, 11) is -3.72. The maximum absolute atomic E-state index is 13.4. The average Bonchev–Trinajstić information content (AvgIpc) is 2.70. The van der Waals surface area contributed by atoms with Crippen LogP contribution in [0.2, 0.25) is 0 Å². The fourth-order valence-electron chi connectivity index (χ4n) is 3.20. The Morgan fingerprint density at radius 2 is 1.41 bits per heavy atom.